The third-order valence-corrected chi connectivity index (χ3v) is 1.82. The Morgan fingerprint density at radius 2 is 1.93 bits per heavy atom. The van der Waals surface area contributed by atoms with Crippen LogP contribution in [0.3, 0.4) is 0 Å². The van der Waals surface area contributed by atoms with Gasteiger partial charge in [-0.1, -0.05) is 30.3 Å². The molecule has 1 amide bonds. The van der Waals surface area contributed by atoms with Crippen LogP contribution in [0, 0.1) is 0 Å². The first-order valence-electron chi connectivity index (χ1n) is 4.32. The second-order valence-electron chi connectivity index (χ2n) is 2.90. The van der Waals surface area contributed by atoms with Gasteiger partial charge in [-0.05, 0) is 5.56 Å². The van der Waals surface area contributed by atoms with E-state index in [-0.39, 0.29) is 5.91 Å². The van der Waals surface area contributed by atoms with Gasteiger partial charge >= 0.3 is 0 Å². The van der Waals surface area contributed by atoms with Crippen LogP contribution in [0.5, 0.6) is 0 Å². The molecule has 1 aliphatic heterocycles. The average molecular weight is 187 g/mol. The minimum atomic E-state index is -0.256. The smallest absolute Gasteiger partial charge is 0.273 e. The summed E-state index contributed by atoms with van der Waals surface area (Å²) in [5.41, 5.74) is 1.06. The third-order valence-electron chi connectivity index (χ3n) is 1.82. The summed E-state index contributed by atoms with van der Waals surface area (Å²) < 4.78 is 5.30. The Morgan fingerprint density at radius 1 is 1.14 bits per heavy atom. The molecule has 14 heavy (non-hydrogen) atoms. The average Bonchev–Trinajstić information content (AvgIpc) is 2.63. The van der Waals surface area contributed by atoms with Crippen molar-refractivity contribution in [2.75, 3.05) is 0 Å². The quantitative estimate of drug-likeness (QED) is 0.706. The van der Waals surface area contributed by atoms with E-state index in [1.807, 2.05) is 30.3 Å². The Balaban J connectivity index is 1.93. The first-order valence-corrected chi connectivity index (χ1v) is 4.32. The molecule has 0 aromatic heterocycles. The van der Waals surface area contributed by atoms with Gasteiger partial charge in [0.25, 0.3) is 5.91 Å². The number of carbonyl (C=O) groups excluding carboxylic acids is 1. The molecular formula is C11H9NO2. The molecule has 1 aromatic carbocycles. The van der Waals surface area contributed by atoms with Crippen molar-refractivity contribution < 1.29 is 9.53 Å². The number of nitrogens with zero attached hydrogens (tertiary/aromatic N) is 1. The van der Waals surface area contributed by atoms with Crippen molar-refractivity contribution in [3.63, 3.8) is 0 Å². The van der Waals surface area contributed by atoms with Crippen molar-refractivity contribution in [2.24, 2.45) is 4.99 Å². The molecule has 0 fully saturated rings. The van der Waals surface area contributed by atoms with E-state index in [1.54, 1.807) is 6.08 Å². The number of ether oxygens (including phenoxy) is 1. The lowest BCUT2D eigenvalue weighted by atomic mass is 10.2. The van der Waals surface area contributed by atoms with Crippen LogP contribution in [0.25, 0.3) is 0 Å². The van der Waals surface area contributed by atoms with Crippen LogP contribution >= 0.6 is 0 Å². The van der Waals surface area contributed by atoms with E-state index in [4.69, 9.17) is 4.74 Å². The highest BCUT2D eigenvalue weighted by Gasteiger charge is 2.06. The zero-order valence-electron chi connectivity index (χ0n) is 7.51. The molecule has 0 bridgehead atoms. The standard InChI is InChI=1S/C11H9NO2/c13-10-6-7-11(12-10)14-8-9-4-2-1-3-5-9/h1-7H,8H2. The first kappa shape index (κ1) is 8.69. The van der Waals surface area contributed by atoms with Gasteiger partial charge in [-0.3, -0.25) is 4.79 Å². The van der Waals surface area contributed by atoms with E-state index >= 15 is 0 Å². The molecule has 3 heteroatoms. The number of amides is 1. The summed E-state index contributed by atoms with van der Waals surface area (Å²) in [6.45, 7) is 0.442. The molecule has 0 unspecified atom stereocenters. The molecule has 1 heterocycles. The maximum Gasteiger partial charge on any atom is 0.273 e. The highest BCUT2D eigenvalue weighted by molar-refractivity contribution is 6.09. The van der Waals surface area contributed by atoms with Crippen molar-refractivity contribution in [2.45, 2.75) is 6.61 Å². The summed E-state index contributed by atoms with van der Waals surface area (Å²) >= 11 is 0. The molecule has 0 saturated heterocycles. The molecule has 1 aromatic rings. The highest BCUT2D eigenvalue weighted by atomic mass is 16.5. The van der Waals surface area contributed by atoms with Crippen LogP contribution < -0.4 is 0 Å². The van der Waals surface area contributed by atoms with E-state index in [1.165, 1.54) is 6.08 Å². The van der Waals surface area contributed by atoms with Crippen LogP contribution in [0.2, 0.25) is 0 Å². The summed E-state index contributed by atoms with van der Waals surface area (Å²) in [6.07, 6.45) is 2.96. The number of carbonyl (C=O) groups is 1. The molecule has 0 N–H and O–H groups in total. The van der Waals surface area contributed by atoms with Gasteiger partial charge in [0.15, 0.2) is 0 Å². The Hall–Kier alpha value is -1.90. The minimum Gasteiger partial charge on any atom is -0.473 e. The summed E-state index contributed by atoms with van der Waals surface area (Å²) in [5.74, 6) is 0.131. The van der Waals surface area contributed by atoms with Crippen molar-refractivity contribution in [1.29, 1.82) is 0 Å². The molecular weight excluding hydrogens is 178 g/mol. The number of hydrogen-bond acceptors (Lipinski definition) is 2. The fraction of sp³-hybridized carbons (Fsp3) is 0.0909. The van der Waals surface area contributed by atoms with Gasteiger partial charge in [0, 0.05) is 12.2 Å². The SMILES string of the molecule is O=C1C=CC(OCc2ccccc2)=N1. The maximum absolute atomic E-state index is 10.7. The molecule has 0 radical (unpaired) electrons. The molecule has 0 atom stereocenters. The number of aliphatic imine (C=N–C) groups is 1. The van der Waals surface area contributed by atoms with E-state index in [9.17, 15) is 4.79 Å². The molecule has 0 spiro atoms. The Bertz CT molecular complexity index is 393. The monoisotopic (exact) mass is 187 g/mol. The highest BCUT2D eigenvalue weighted by Crippen LogP contribution is 2.04. The molecule has 0 aliphatic carbocycles. The first-order chi connectivity index (χ1) is 6.84. The van der Waals surface area contributed by atoms with Gasteiger partial charge in [-0.25, -0.2) is 0 Å². The summed E-state index contributed by atoms with van der Waals surface area (Å²) in [5, 5.41) is 0. The summed E-state index contributed by atoms with van der Waals surface area (Å²) in [4.78, 5) is 14.4. The topological polar surface area (TPSA) is 38.7 Å². The molecule has 1 aliphatic rings. The van der Waals surface area contributed by atoms with Crippen LogP contribution in [0.15, 0.2) is 47.5 Å². The van der Waals surface area contributed by atoms with Crippen LogP contribution in [-0.2, 0) is 16.1 Å². The maximum atomic E-state index is 10.7. The Labute approximate surface area is 81.7 Å². The second-order valence-corrected chi connectivity index (χ2v) is 2.90. The van der Waals surface area contributed by atoms with Gasteiger partial charge in [0.05, 0.1) is 0 Å². The minimum absolute atomic E-state index is 0.256. The molecule has 2 rings (SSSR count). The molecule has 0 saturated carbocycles. The van der Waals surface area contributed by atoms with Crippen LogP contribution in [-0.4, -0.2) is 11.8 Å². The lowest BCUT2D eigenvalue weighted by molar-refractivity contribution is -0.113. The summed E-state index contributed by atoms with van der Waals surface area (Å²) in [7, 11) is 0. The normalized spacial score (nSPS) is 14.3. The van der Waals surface area contributed by atoms with Gasteiger partial charge < -0.3 is 4.74 Å². The summed E-state index contributed by atoms with van der Waals surface area (Å²) in [6, 6.07) is 9.74. The van der Waals surface area contributed by atoms with Gasteiger partial charge in [0.2, 0.25) is 5.90 Å². The van der Waals surface area contributed by atoms with Crippen molar-refractivity contribution >= 4 is 11.8 Å². The molecule has 70 valence electrons. The van der Waals surface area contributed by atoms with Crippen LogP contribution in [0.1, 0.15) is 5.56 Å². The lowest BCUT2D eigenvalue weighted by Gasteiger charge is -2.02. The van der Waals surface area contributed by atoms with Crippen molar-refractivity contribution in [3.8, 4) is 0 Å². The molecule has 3 nitrogen and oxygen atoms in total. The predicted octanol–water partition coefficient (Wildman–Crippen LogP) is 1.70. The number of rotatable bonds is 2. The fourth-order valence-electron chi connectivity index (χ4n) is 1.14. The lowest BCUT2D eigenvalue weighted by Crippen LogP contribution is -1.99. The number of hydrogen-bond donors (Lipinski definition) is 0. The van der Waals surface area contributed by atoms with Crippen LogP contribution in [0.4, 0.5) is 0 Å². The number of benzene rings is 1. The van der Waals surface area contributed by atoms with Gasteiger partial charge in [-0.15, -0.1) is 0 Å². The van der Waals surface area contributed by atoms with Gasteiger partial charge in [0.1, 0.15) is 6.61 Å². The Morgan fingerprint density at radius 3 is 2.57 bits per heavy atom. The van der Waals surface area contributed by atoms with E-state index in [0.717, 1.165) is 5.56 Å². The van der Waals surface area contributed by atoms with Gasteiger partial charge in [-0.2, -0.15) is 4.99 Å². The zero-order chi connectivity index (χ0) is 9.80. The van der Waals surface area contributed by atoms with E-state index < -0.39 is 0 Å². The zero-order valence-corrected chi connectivity index (χ0v) is 7.51. The Kier molecular flexibility index (Phi) is 2.40. The predicted molar refractivity (Wildman–Crippen MR) is 52.8 cm³/mol. The largest absolute Gasteiger partial charge is 0.473 e. The van der Waals surface area contributed by atoms with Crippen molar-refractivity contribution in [3.05, 3.63) is 48.0 Å². The second kappa shape index (κ2) is 3.87. The van der Waals surface area contributed by atoms with E-state index in [2.05, 4.69) is 4.99 Å². The fourth-order valence-corrected chi connectivity index (χ4v) is 1.14. The van der Waals surface area contributed by atoms with Crippen molar-refractivity contribution in [1.82, 2.24) is 0 Å². The van der Waals surface area contributed by atoms with E-state index in [0.29, 0.717) is 12.5 Å². The third kappa shape index (κ3) is 2.07.